The fourth-order valence-electron chi connectivity index (χ4n) is 2.14. The molecule has 0 aromatic heterocycles. The lowest BCUT2D eigenvalue weighted by molar-refractivity contribution is -0.136. The molecule has 0 radical (unpaired) electrons. The first-order valence-corrected chi connectivity index (χ1v) is 6.41. The molecule has 0 spiro atoms. The van der Waals surface area contributed by atoms with E-state index >= 15 is 0 Å². The molecule has 0 aromatic rings. The molecule has 6 heteroatoms. The first-order chi connectivity index (χ1) is 8.56. The third-order valence-corrected chi connectivity index (χ3v) is 3.10. The lowest BCUT2D eigenvalue weighted by atomic mass is 10.2. The molecule has 2 aliphatic rings. The van der Waals surface area contributed by atoms with E-state index in [2.05, 4.69) is 5.32 Å². The summed E-state index contributed by atoms with van der Waals surface area (Å²) in [6.07, 6.45) is 3.78. The van der Waals surface area contributed by atoms with Crippen LogP contribution in [0.15, 0.2) is 0 Å². The van der Waals surface area contributed by atoms with Crippen LogP contribution in [0.2, 0.25) is 0 Å². The van der Waals surface area contributed by atoms with Crippen molar-refractivity contribution in [3.05, 3.63) is 0 Å². The standard InChI is InChI=1S/C8H14N2O2.C4H7NO/c1-2-6(8(9)12)10-5-3-4-7(10)11;6-4-2-1-3-5-4/h6H,2-5H2,1H3,(H2,9,12);1-3H2,(H,5,6)/t6-;/m0./s1. The summed E-state index contributed by atoms with van der Waals surface area (Å²) in [6, 6.07) is -0.389. The Balaban J connectivity index is 0.000000225. The summed E-state index contributed by atoms with van der Waals surface area (Å²) >= 11 is 0. The molecule has 2 saturated heterocycles. The van der Waals surface area contributed by atoms with E-state index in [0.29, 0.717) is 19.4 Å². The van der Waals surface area contributed by atoms with Crippen LogP contribution in [0.25, 0.3) is 0 Å². The quantitative estimate of drug-likeness (QED) is 0.729. The van der Waals surface area contributed by atoms with Crippen molar-refractivity contribution >= 4 is 17.7 Å². The lowest BCUT2D eigenvalue weighted by Crippen LogP contribution is -2.44. The second-order valence-electron chi connectivity index (χ2n) is 4.47. The highest BCUT2D eigenvalue weighted by atomic mass is 16.2. The van der Waals surface area contributed by atoms with Crippen LogP contribution in [-0.2, 0) is 14.4 Å². The van der Waals surface area contributed by atoms with Crippen molar-refractivity contribution in [2.45, 2.75) is 45.1 Å². The molecule has 2 rings (SSSR count). The molecule has 18 heavy (non-hydrogen) atoms. The maximum Gasteiger partial charge on any atom is 0.240 e. The van der Waals surface area contributed by atoms with Gasteiger partial charge in [-0.2, -0.15) is 0 Å². The Morgan fingerprint density at radius 1 is 1.39 bits per heavy atom. The summed E-state index contributed by atoms with van der Waals surface area (Å²) in [5, 5.41) is 2.68. The first kappa shape index (κ1) is 14.5. The third kappa shape index (κ3) is 4.01. The molecule has 2 heterocycles. The smallest absolute Gasteiger partial charge is 0.240 e. The number of likely N-dealkylation sites (tertiary alicyclic amines) is 1. The molecule has 3 amide bonds. The number of nitrogens with two attached hydrogens (primary N) is 1. The molecule has 102 valence electrons. The zero-order valence-electron chi connectivity index (χ0n) is 10.8. The number of hydrogen-bond donors (Lipinski definition) is 2. The Morgan fingerprint density at radius 2 is 2.11 bits per heavy atom. The highest BCUT2D eigenvalue weighted by Gasteiger charge is 2.29. The number of carbonyl (C=O) groups excluding carboxylic acids is 3. The molecule has 2 aliphatic heterocycles. The van der Waals surface area contributed by atoms with Gasteiger partial charge in [0.1, 0.15) is 6.04 Å². The van der Waals surface area contributed by atoms with Gasteiger partial charge in [-0.15, -0.1) is 0 Å². The van der Waals surface area contributed by atoms with Crippen LogP contribution in [0.5, 0.6) is 0 Å². The van der Waals surface area contributed by atoms with E-state index in [9.17, 15) is 14.4 Å². The molecule has 2 fully saturated rings. The Morgan fingerprint density at radius 3 is 2.39 bits per heavy atom. The average Bonchev–Trinajstić information content (AvgIpc) is 2.93. The van der Waals surface area contributed by atoms with Gasteiger partial charge in [0.15, 0.2) is 0 Å². The third-order valence-electron chi connectivity index (χ3n) is 3.10. The molecule has 0 unspecified atom stereocenters. The fraction of sp³-hybridized carbons (Fsp3) is 0.750. The Hall–Kier alpha value is -1.59. The molecule has 0 bridgehead atoms. The van der Waals surface area contributed by atoms with Crippen LogP contribution < -0.4 is 11.1 Å². The predicted octanol–water partition coefficient (Wildman–Crippen LogP) is -0.231. The van der Waals surface area contributed by atoms with Crippen LogP contribution in [-0.4, -0.2) is 41.8 Å². The largest absolute Gasteiger partial charge is 0.368 e. The van der Waals surface area contributed by atoms with Crippen molar-refractivity contribution < 1.29 is 14.4 Å². The minimum absolute atomic E-state index is 0.0562. The summed E-state index contributed by atoms with van der Waals surface area (Å²) in [4.78, 5) is 33.8. The number of amides is 3. The van der Waals surface area contributed by atoms with Gasteiger partial charge in [0, 0.05) is 25.9 Å². The van der Waals surface area contributed by atoms with Crippen molar-refractivity contribution in [1.82, 2.24) is 10.2 Å². The van der Waals surface area contributed by atoms with Gasteiger partial charge in [0.05, 0.1) is 0 Å². The van der Waals surface area contributed by atoms with E-state index in [4.69, 9.17) is 5.73 Å². The second-order valence-corrected chi connectivity index (χ2v) is 4.47. The topological polar surface area (TPSA) is 92.5 Å². The van der Waals surface area contributed by atoms with Crippen molar-refractivity contribution in [2.24, 2.45) is 5.73 Å². The molecule has 3 N–H and O–H groups in total. The summed E-state index contributed by atoms with van der Waals surface area (Å²) in [7, 11) is 0. The summed E-state index contributed by atoms with van der Waals surface area (Å²) in [5.41, 5.74) is 5.16. The highest BCUT2D eigenvalue weighted by molar-refractivity contribution is 5.87. The number of nitrogens with one attached hydrogen (secondary N) is 1. The number of hydrogen-bond acceptors (Lipinski definition) is 3. The number of nitrogens with zero attached hydrogens (tertiary/aromatic N) is 1. The van der Waals surface area contributed by atoms with Gasteiger partial charge in [-0.05, 0) is 19.3 Å². The minimum Gasteiger partial charge on any atom is -0.368 e. The maximum absolute atomic E-state index is 11.2. The van der Waals surface area contributed by atoms with Crippen LogP contribution >= 0.6 is 0 Å². The minimum atomic E-state index is -0.396. The van der Waals surface area contributed by atoms with E-state index < -0.39 is 5.91 Å². The van der Waals surface area contributed by atoms with E-state index in [1.54, 1.807) is 4.90 Å². The van der Waals surface area contributed by atoms with Crippen LogP contribution in [0.3, 0.4) is 0 Å². The Kier molecular flexibility index (Phi) is 5.61. The van der Waals surface area contributed by atoms with Gasteiger partial charge in [-0.3, -0.25) is 14.4 Å². The summed E-state index contributed by atoms with van der Waals surface area (Å²) in [5.74, 6) is -0.136. The zero-order valence-corrected chi connectivity index (χ0v) is 10.8. The number of rotatable bonds is 3. The number of carbonyl (C=O) groups is 3. The molecule has 0 saturated carbocycles. The molecular formula is C12H21N3O3. The zero-order chi connectivity index (χ0) is 13.5. The molecule has 6 nitrogen and oxygen atoms in total. The van der Waals surface area contributed by atoms with Crippen molar-refractivity contribution in [2.75, 3.05) is 13.1 Å². The summed E-state index contributed by atoms with van der Waals surface area (Å²) in [6.45, 7) is 3.43. The van der Waals surface area contributed by atoms with E-state index in [0.717, 1.165) is 25.8 Å². The SMILES string of the molecule is CC[C@@H](C(N)=O)N1CCCC1=O.O=C1CCCN1. The molecule has 0 aliphatic carbocycles. The van der Waals surface area contributed by atoms with Gasteiger partial charge in [-0.1, -0.05) is 6.92 Å². The first-order valence-electron chi connectivity index (χ1n) is 6.41. The summed E-state index contributed by atoms with van der Waals surface area (Å²) < 4.78 is 0. The fourth-order valence-corrected chi connectivity index (χ4v) is 2.14. The second kappa shape index (κ2) is 6.98. The normalized spacial score (nSPS) is 20.2. The predicted molar refractivity (Wildman–Crippen MR) is 66.5 cm³/mol. The van der Waals surface area contributed by atoms with E-state index in [-0.39, 0.29) is 17.9 Å². The molecule has 1 atom stereocenters. The van der Waals surface area contributed by atoms with E-state index in [1.165, 1.54) is 0 Å². The van der Waals surface area contributed by atoms with Gasteiger partial charge >= 0.3 is 0 Å². The lowest BCUT2D eigenvalue weighted by Gasteiger charge is -2.23. The Labute approximate surface area is 107 Å². The molecule has 0 aromatic carbocycles. The van der Waals surface area contributed by atoms with E-state index in [1.807, 2.05) is 6.92 Å². The maximum atomic E-state index is 11.2. The Bertz CT molecular complexity index is 323. The van der Waals surface area contributed by atoms with Crippen molar-refractivity contribution in [3.8, 4) is 0 Å². The van der Waals surface area contributed by atoms with Gasteiger partial charge in [0.2, 0.25) is 17.7 Å². The van der Waals surface area contributed by atoms with Gasteiger partial charge < -0.3 is 16.0 Å². The van der Waals surface area contributed by atoms with Gasteiger partial charge in [0.25, 0.3) is 0 Å². The highest BCUT2D eigenvalue weighted by Crippen LogP contribution is 2.15. The monoisotopic (exact) mass is 255 g/mol. The van der Waals surface area contributed by atoms with Crippen LogP contribution in [0, 0.1) is 0 Å². The van der Waals surface area contributed by atoms with Crippen LogP contribution in [0.4, 0.5) is 0 Å². The van der Waals surface area contributed by atoms with Crippen molar-refractivity contribution in [1.29, 1.82) is 0 Å². The average molecular weight is 255 g/mol. The molecular weight excluding hydrogens is 234 g/mol. The van der Waals surface area contributed by atoms with Crippen LogP contribution in [0.1, 0.15) is 39.0 Å². The number of primary amides is 1. The van der Waals surface area contributed by atoms with Crippen molar-refractivity contribution in [3.63, 3.8) is 0 Å². The van der Waals surface area contributed by atoms with Gasteiger partial charge in [-0.25, -0.2) is 0 Å².